The molecule has 5 nitrogen and oxygen atoms in total. The van der Waals surface area contributed by atoms with Crippen LogP contribution in [0.1, 0.15) is 24.8 Å². The van der Waals surface area contributed by atoms with E-state index >= 15 is 0 Å². The van der Waals surface area contributed by atoms with E-state index in [1.54, 1.807) is 0 Å². The van der Waals surface area contributed by atoms with Crippen LogP contribution in [0.3, 0.4) is 0 Å². The first-order valence-corrected chi connectivity index (χ1v) is 7.95. The number of hydrogen-bond donors (Lipinski definition) is 1. The summed E-state index contributed by atoms with van der Waals surface area (Å²) in [5, 5.41) is 8.51. The second-order valence-corrected chi connectivity index (χ2v) is 6.93. The van der Waals surface area contributed by atoms with Crippen molar-refractivity contribution in [3.8, 4) is 0 Å². The lowest BCUT2D eigenvalue weighted by Crippen LogP contribution is -2.41. The summed E-state index contributed by atoms with van der Waals surface area (Å²) in [6.45, 7) is 0. The van der Waals surface area contributed by atoms with Gasteiger partial charge in [-0.15, -0.1) is 0 Å². The summed E-state index contributed by atoms with van der Waals surface area (Å²) in [7, 11) is -2.40. The molecule has 0 atom stereocenters. The number of halogens is 1. The van der Waals surface area contributed by atoms with Gasteiger partial charge in [0.1, 0.15) is 10.7 Å². The van der Waals surface area contributed by atoms with Crippen LogP contribution in [0.15, 0.2) is 29.2 Å². The molecule has 0 heterocycles. The molecule has 1 aliphatic rings. The molecular weight excluding hydrogens is 297 g/mol. The van der Waals surface area contributed by atoms with Gasteiger partial charge < -0.3 is 5.11 Å². The number of sulfonamides is 1. The second-order valence-electron chi connectivity index (χ2n) is 4.97. The summed E-state index contributed by atoms with van der Waals surface area (Å²) >= 11 is 0. The number of hydrogen-bond acceptors (Lipinski definition) is 3. The molecule has 0 bridgehead atoms. The summed E-state index contributed by atoms with van der Waals surface area (Å²) in [6, 6.07) is 3.49. The molecule has 0 spiro atoms. The van der Waals surface area contributed by atoms with Gasteiger partial charge in [0, 0.05) is 19.2 Å². The molecule has 7 heteroatoms. The Balaban J connectivity index is 2.29. The molecule has 0 saturated heterocycles. The van der Waals surface area contributed by atoms with Crippen molar-refractivity contribution in [1.29, 1.82) is 0 Å². The highest BCUT2D eigenvalue weighted by Crippen LogP contribution is 2.29. The summed E-state index contributed by atoms with van der Waals surface area (Å²) in [5.41, 5.74) is 0.292. The Kier molecular flexibility index (Phi) is 4.43. The van der Waals surface area contributed by atoms with Crippen molar-refractivity contribution < 1.29 is 22.7 Å². The van der Waals surface area contributed by atoms with Crippen molar-refractivity contribution in [1.82, 2.24) is 4.31 Å². The van der Waals surface area contributed by atoms with Gasteiger partial charge in [0.2, 0.25) is 10.0 Å². The van der Waals surface area contributed by atoms with E-state index in [0.29, 0.717) is 5.56 Å². The predicted octanol–water partition coefficient (Wildman–Crippen LogP) is 2.10. The van der Waals surface area contributed by atoms with E-state index in [4.69, 9.17) is 5.11 Å². The Bertz CT molecular complexity index is 680. The normalized spacial score (nSPS) is 16.3. The lowest BCUT2D eigenvalue weighted by atomic mass is 9.94. The lowest BCUT2D eigenvalue weighted by Gasteiger charge is -2.33. The summed E-state index contributed by atoms with van der Waals surface area (Å²) in [4.78, 5) is 10.0. The fourth-order valence-electron chi connectivity index (χ4n) is 2.10. The van der Waals surface area contributed by atoms with Crippen molar-refractivity contribution in [3.05, 3.63) is 35.7 Å². The highest BCUT2D eigenvalue weighted by atomic mass is 32.2. The number of aliphatic carboxylic acids is 1. The molecule has 0 amide bonds. The first-order valence-electron chi connectivity index (χ1n) is 6.51. The minimum Gasteiger partial charge on any atom is -0.478 e. The van der Waals surface area contributed by atoms with E-state index in [-0.39, 0.29) is 10.9 Å². The second kappa shape index (κ2) is 5.95. The van der Waals surface area contributed by atoms with Gasteiger partial charge in [-0.25, -0.2) is 17.6 Å². The third-order valence-corrected chi connectivity index (χ3v) is 5.56. The molecular formula is C14H16FNO4S. The summed E-state index contributed by atoms with van der Waals surface area (Å²) in [6.07, 6.45) is 4.63. The van der Waals surface area contributed by atoms with E-state index in [1.165, 1.54) is 29.6 Å². The van der Waals surface area contributed by atoms with Crippen LogP contribution >= 0.6 is 0 Å². The van der Waals surface area contributed by atoms with Gasteiger partial charge in [-0.2, -0.15) is 4.31 Å². The van der Waals surface area contributed by atoms with Crippen molar-refractivity contribution in [3.63, 3.8) is 0 Å². The smallest absolute Gasteiger partial charge is 0.328 e. The number of benzene rings is 1. The molecule has 1 fully saturated rings. The van der Waals surface area contributed by atoms with E-state index < -0.39 is 21.8 Å². The van der Waals surface area contributed by atoms with Gasteiger partial charge in [-0.3, -0.25) is 0 Å². The maximum Gasteiger partial charge on any atom is 0.328 e. The van der Waals surface area contributed by atoms with E-state index in [1.807, 2.05) is 0 Å². The van der Waals surface area contributed by atoms with E-state index in [9.17, 15) is 17.6 Å². The van der Waals surface area contributed by atoms with Gasteiger partial charge in [0.05, 0.1) is 0 Å². The topological polar surface area (TPSA) is 74.7 Å². The maximum absolute atomic E-state index is 14.0. The average molecular weight is 313 g/mol. The molecule has 1 saturated carbocycles. The van der Waals surface area contributed by atoms with Crippen LogP contribution in [0.25, 0.3) is 6.08 Å². The molecule has 21 heavy (non-hydrogen) atoms. The molecule has 0 radical (unpaired) electrons. The molecule has 0 unspecified atom stereocenters. The number of rotatable bonds is 5. The van der Waals surface area contributed by atoms with Crippen LogP contribution in [-0.4, -0.2) is 36.9 Å². The number of carboxylic acids is 1. The quantitative estimate of drug-likeness (QED) is 0.845. The zero-order valence-corrected chi connectivity index (χ0v) is 12.3. The Hall–Kier alpha value is -1.73. The standard InChI is InChI=1S/C14H16FNO4S/c1-16(11-3-2-4-11)21(19,20)13-7-5-10(9-12(13)15)6-8-14(17)18/h5-9,11H,2-4H2,1H3,(H,17,18)/b8-6+. The highest BCUT2D eigenvalue weighted by molar-refractivity contribution is 7.89. The molecule has 1 aromatic carbocycles. The zero-order chi connectivity index (χ0) is 15.6. The van der Waals surface area contributed by atoms with Gasteiger partial charge in [-0.1, -0.05) is 12.5 Å². The first kappa shape index (κ1) is 15.7. The number of carboxylic acid groups (broad SMARTS) is 1. The molecule has 1 aliphatic carbocycles. The molecule has 2 rings (SSSR count). The molecule has 1 N–H and O–H groups in total. The van der Waals surface area contributed by atoms with Crippen molar-refractivity contribution >= 4 is 22.1 Å². The zero-order valence-electron chi connectivity index (χ0n) is 11.5. The summed E-state index contributed by atoms with van der Waals surface area (Å²) in [5.74, 6) is -2.04. The SMILES string of the molecule is CN(C1CCC1)S(=O)(=O)c1ccc(/C=C/C(=O)O)cc1F. The van der Waals surface area contributed by atoms with Gasteiger partial charge in [-0.05, 0) is 36.6 Å². The molecule has 0 aromatic heterocycles. The van der Waals surface area contributed by atoms with Crippen LogP contribution in [-0.2, 0) is 14.8 Å². The van der Waals surface area contributed by atoms with Crippen LogP contribution in [0.5, 0.6) is 0 Å². The maximum atomic E-state index is 14.0. The first-order chi connectivity index (χ1) is 9.82. The average Bonchev–Trinajstić information content (AvgIpc) is 2.33. The highest BCUT2D eigenvalue weighted by Gasteiger charge is 2.33. The van der Waals surface area contributed by atoms with Crippen LogP contribution in [0, 0.1) is 5.82 Å². The van der Waals surface area contributed by atoms with Crippen molar-refractivity contribution in [2.45, 2.75) is 30.2 Å². The van der Waals surface area contributed by atoms with Crippen LogP contribution < -0.4 is 0 Å². The largest absolute Gasteiger partial charge is 0.478 e. The van der Waals surface area contributed by atoms with Gasteiger partial charge >= 0.3 is 5.97 Å². The molecule has 1 aromatic rings. The predicted molar refractivity (Wildman–Crippen MR) is 75.7 cm³/mol. The Morgan fingerprint density at radius 1 is 1.43 bits per heavy atom. The number of nitrogens with zero attached hydrogens (tertiary/aromatic N) is 1. The molecule has 0 aliphatic heterocycles. The van der Waals surface area contributed by atoms with Crippen LogP contribution in [0.4, 0.5) is 4.39 Å². The molecule has 114 valence electrons. The summed E-state index contributed by atoms with van der Waals surface area (Å²) < 4.78 is 39.9. The van der Waals surface area contributed by atoms with Gasteiger partial charge in [0.15, 0.2) is 0 Å². The van der Waals surface area contributed by atoms with Crippen molar-refractivity contribution in [2.24, 2.45) is 0 Å². The Morgan fingerprint density at radius 3 is 2.57 bits per heavy atom. The minimum atomic E-state index is -3.86. The fourth-order valence-corrected chi connectivity index (χ4v) is 3.56. The third kappa shape index (κ3) is 3.30. The third-order valence-electron chi connectivity index (χ3n) is 3.62. The van der Waals surface area contributed by atoms with Crippen LogP contribution in [0.2, 0.25) is 0 Å². The van der Waals surface area contributed by atoms with E-state index in [2.05, 4.69) is 0 Å². The minimum absolute atomic E-state index is 0.0685. The Morgan fingerprint density at radius 2 is 2.10 bits per heavy atom. The van der Waals surface area contributed by atoms with Gasteiger partial charge in [0.25, 0.3) is 0 Å². The Labute approximate surface area is 122 Å². The van der Waals surface area contributed by atoms with Crippen molar-refractivity contribution in [2.75, 3.05) is 7.05 Å². The fraction of sp³-hybridized carbons (Fsp3) is 0.357. The monoisotopic (exact) mass is 313 g/mol. The van der Waals surface area contributed by atoms with E-state index in [0.717, 1.165) is 31.4 Å². The number of carbonyl (C=O) groups is 1. The lowest BCUT2D eigenvalue weighted by molar-refractivity contribution is -0.131.